The SMILES string of the molecule is COC1COC(CO)C(O)C1n1cc(-c2cc(F)c(C)c(F)c2)nn1. The largest absolute Gasteiger partial charge is 0.394 e. The number of halogens is 2. The maximum absolute atomic E-state index is 13.8. The quantitative estimate of drug-likeness (QED) is 0.845. The van der Waals surface area contributed by atoms with Crippen molar-refractivity contribution in [3.8, 4) is 11.3 Å². The first-order valence-electron chi connectivity index (χ1n) is 7.77. The first kappa shape index (κ1) is 17.9. The van der Waals surface area contributed by atoms with Crippen molar-refractivity contribution in [2.45, 2.75) is 31.3 Å². The Bertz CT molecular complexity index is 732. The molecule has 1 aromatic heterocycles. The standard InChI is InChI=1S/C16H19F2N3O4/c1-8-10(17)3-9(4-11(8)18)12-5-21(20-19-12)15-14(24-2)7-25-13(6-22)16(15)23/h3-5,13-16,22-23H,6-7H2,1-2H3. The number of nitrogens with zero attached hydrogens (tertiary/aromatic N) is 3. The van der Waals surface area contributed by atoms with E-state index < -0.39 is 36.0 Å². The van der Waals surface area contributed by atoms with Gasteiger partial charge in [0.15, 0.2) is 0 Å². The minimum atomic E-state index is -1.08. The second-order valence-corrected chi connectivity index (χ2v) is 5.96. The molecule has 1 aromatic carbocycles. The van der Waals surface area contributed by atoms with Crippen LogP contribution < -0.4 is 0 Å². The normalized spacial score (nSPS) is 26.8. The Morgan fingerprint density at radius 3 is 2.64 bits per heavy atom. The molecular formula is C16H19F2N3O4. The molecule has 3 rings (SSSR count). The molecule has 4 unspecified atom stereocenters. The number of aliphatic hydroxyl groups is 2. The fourth-order valence-electron chi connectivity index (χ4n) is 2.90. The Morgan fingerprint density at radius 1 is 1.36 bits per heavy atom. The van der Waals surface area contributed by atoms with Gasteiger partial charge in [-0.25, -0.2) is 13.5 Å². The van der Waals surface area contributed by atoms with E-state index in [1.54, 1.807) is 0 Å². The molecule has 1 saturated heterocycles. The Labute approximate surface area is 142 Å². The molecule has 4 atom stereocenters. The third-order valence-corrected chi connectivity index (χ3v) is 4.46. The Kier molecular flexibility index (Phi) is 5.09. The van der Waals surface area contributed by atoms with Crippen LogP contribution in [0.4, 0.5) is 8.78 Å². The summed E-state index contributed by atoms with van der Waals surface area (Å²) in [5.74, 6) is -1.35. The van der Waals surface area contributed by atoms with Gasteiger partial charge in [-0.1, -0.05) is 5.21 Å². The van der Waals surface area contributed by atoms with Crippen LogP contribution in [0.1, 0.15) is 11.6 Å². The van der Waals surface area contributed by atoms with Gasteiger partial charge < -0.3 is 19.7 Å². The fraction of sp³-hybridized carbons (Fsp3) is 0.500. The lowest BCUT2D eigenvalue weighted by molar-refractivity contribution is -0.174. The van der Waals surface area contributed by atoms with Gasteiger partial charge in [-0.15, -0.1) is 5.10 Å². The van der Waals surface area contributed by atoms with E-state index in [1.165, 1.54) is 37.0 Å². The molecule has 1 aliphatic rings. The van der Waals surface area contributed by atoms with Crippen LogP contribution in [0.2, 0.25) is 0 Å². The van der Waals surface area contributed by atoms with Crippen molar-refractivity contribution in [2.75, 3.05) is 20.3 Å². The zero-order valence-corrected chi connectivity index (χ0v) is 13.8. The molecule has 2 heterocycles. The summed E-state index contributed by atoms with van der Waals surface area (Å²) in [7, 11) is 1.47. The molecule has 0 bridgehead atoms. The Morgan fingerprint density at radius 2 is 2.04 bits per heavy atom. The summed E-state index contributed by atoms with van der Waals surface area (Å²) >= 11 is 0. The minimum absolute atomic E-state index is 0.0683. The van der Waals surface area contributed by atoms with Crippen molar-refractivity contribution in [2.24, 2.45) is 0 Å². The highest BCUT2D eigenvalue weighted by Crippen LogP contribution is 2.29. The smallest absolute Gasteiger partial charge is 0.129 e. The molecule has 2 aromatic rings. The van der Waals surface area contributed by atoms with Crippen LogP contribution in [0.15, 0.2) is 18.3 Å². The van der Waals surface area contributed by atoms with Crippen LogP contribution in [0.3, 0.4) is 0 Å². The Balaban J connectivity index is 1.94. The third-order valence-electron chi connectivity index (χ3n) is 4.46. The van der Waals surface area contributed by atoms with Gasteiger partial charge in [0.25, 0.3) is 0 Å². The summed E-state index contributed by atoms with van der Waals surface area (Å²) in [6, 6.07) is 1.70. The van der Waals surface area contributed by atoms with E-state index >= 15 is 0 Å². The topological polar surface area (TPSA) is 89.6 Å². The molecule has 0 saturated carbocycles. The molecule has 0 radical (unpaired) electrons. The summed E-state index contributed by atoms with van der Waals surface area (Å²) in [5.41, 5.74) is 0.425. The van der Waals surface area contributed by atoms with Crippen molar-refractivity contribution in [1.29, 1.82) is 0 Å². The molecule has 1 aliphatic heterocycles. The zero-order chi connectivity index (χ0) is 18.1. The van der Waals surface area contributed by atoms with Crippen molar-refractivity contribution in [3.05, 3.63) is 35.5 Å². The number of methoxy groups -OCH3 is 1. The van der Waals surface area contributed by atoms with E-state index in [0.29, 0.717) is 0 Å². The van der Waals surface area contributed by atoms with Gasteiger partial charge in [-0.2, -0.15) is 0 Å². The molecule has 9 heteroatoms. The number of aromatic nitrogens is 3. The fourth-order valence-corrected chi connectivity index (χ4v) is 2.90. The molecule has 25 heavy (non-hydrogen) atoms. The highest BCUT2D eigenvalue weighted by molar-refractivity contribution is 5.58. The Hall–Kier alpha value is -1.94. The van der Waals surface area contributed by atoms with Gasteiger partial charge in [-0.3, -0.25) is 0 Å². The van der Waals surface area contributed by atoms with Gasteiger partial charge in [0, 0.05) is 18.2 Å². The number of ether oxygens (including phenoxy) is 2. The van der Waals surface area contributed by atoms with Crippen LogP contribution in [0.5, 0.6) is 0 Å². The monoisotopic (exact) mass is 355 g/mol. The highest BCUT2D eigenvalue weighted by atomic mass is 19.1. The maximum Gasteiger partial charge on any atom is 0.129 e. The molecule has 0 aliphatic carbocycles. The van der Waals surface area contributed by atoms with Crippen LogP contribution in [0, 0.1) is 18.6 Å². The number of benzene rings is 1. The molecule has 136 valence electrons. The lowest BCUT2D eigenvalue weighted by atomic mass is 9.97. The first-order valence-corrected chi connectivity index (χ1v) is 7.77. The third kappa shape index (κ3) is 3.28. The maximum atomic E-state index is 13.8. The van der Waals surface area contributed by atoms with Crippen LogP contribution in [-0.4, -0.2) is 63.8 Å². The average Bonchev–Trinajstić information content (AvgIpc) is 3.08. The van der Waals surface area contributed by atoms with Crippen molar-refractivity contribution in [3.63, 3.8) is 0 Å². The molecule has 7 nitrogen and oxygen atoms in total. The van der Waals surface area contributed by atoms with Gasteiger partial charge in [-0.05, 0) is 19.1 Å². The summed E-state index contributed by atoms with van der Waals surface area (Å²) in [5, 5.41) is 27.6. The number of hydrogen-bond donors (Lipinski definition) is 2. The zero-order valence-electron chi connectivity index (χ0n) is 13.8. The van der Waals surface area contributed by atoms with Gasteiger partial charge >= 0.3 is 0 Å². The van der Waals surface area contributed by atoms with Crippen molar-refractivity contribution in [1.82, 2.24) is 15.0 Å². The van der Waals surface area contributed by atoms with Crippen LogP contribution in [-0.2, 0) is 9.47 Å². The van der Waals surface area contributed by atoms with Crippen molar-refractivity contribution >= 4 is 0 Å². The lowest BCUT2D eigenvalue weighted by Gasteiger charge is -2.38. The van der Waals surface area contributed by atoms with E-state index in [-0.39, 0.29) is 30.0 Å². The predicted molar refractivity (Wildman–Crippen MR) is 82.8 cm³/mol. The summed E-state index contributed by atoms with van der Waals surface area (Å²) in [4.78, 5) is 0. The first-order chi connectivity index (χ1) is 12.0. The average molecular weight is 355 g/mol. The summed E-state index contributed by atoms with van der Waals surface area (Å²) in [6.07, 6.45) is -0.898. The molecule has 2 N–H and O–H groups in total. The predicted octanol–water partition coefficient (Wildman–Crippen LogP) is 0.840. The second kappa shape index (κ2) is 7.12. The van der Waals surface area contributed by atoms with Crippen molar-refractivity contribution < 1.29 is 28.5 Å². The summed E-state index contributed by atoms with van der Waals surface area (Å²) < 4.78 is 39.6. The molecule has 0 amide bonds. The molecule has 0 spiro atoms. The lowest BCUT2D eigenvalue weighted by Crippen LogP contribution is -2.52. The van der Waals surface area contributed by atoms with E-state index in [1.807, 2.05) is 0 Å². The van der Waals surface area contributed by atoms with E-state index in [0.717, 1.165) is 0 Å². The van der Waals surface area contributed by atoms with Crippen LogP contribution >= 0.6 is 0 Å². The summed E-state index contributed by atoms with van der Waals surface area (Å²) in [6.45, 7) is 1.15. The van der Waals surface area contributed by atoms with E-state index in [2.05, 4.69) is 10.3 Å². The number of rotatable bonds is 4. The molecular weight excluding hydrogens is 336 g/mol. The van der Waals surface area contributed by atoms with Crippen LogP contribution in [0.25, 0.3) is 11.3 Å². The van der Waals surface area contributed by atoms with Gasteiger partial charge in [0.05, 0.1) is 19.4 Å². The number of hydrogen-bond acceptors (Lipinski definition) is 6. The number of aliphatic hydroxyl groups excluding tert-OH is 2. The second-order valence-electron chi connectivity index (χ2n) is 5.96. The van der Waals surface area contributed by atoms with Gasteiger partial charge in [0.2, 0.25) is 0 Å². The van der Waals surface area contributed by atoms with Gasteiger partial charge in [0.1, 0.15) is 41.7 Å². The van der Waals surface area contributed by atoms with E-state index in [9.17, 15) is 19.0 Å². The molecule has 1 fully saturated rings. The van der Waals surface area contributed by atoms with E-state index in [4.69, 9.17) is 9.47 Å². The minimum Gasteiger partial charge on any atom is -0.394 e. The highest BCUT2D eigenvalue weighted by Gasteiger charge is 2.41.